The zero-order valence-corrected chi connectivity index (χ0v) is 16.3. The third-order valence-corrected chi connectivity index (χ3v) is 5.18. The average Bonchev–Trinajstić information content (AvgIpc) is 3.01. The standard InChI is InChI=1S/C23H23N3O2/c1-4-16-8-5-7-15(2)20(16)25-22-21-19(9-6-14-24-21)23(27)26(22)17-10-12-18(28-3)13-11-17/h5-14,22,25H,4H2,1-3H3/t22-/m0/s1. The lowest BCUT2D eigenvalue weighted by Crippen LogP contribution is -2.32. The van der Waals surface area contributed by atoms with Gasteiger partial charge in [0.15, 0.2) is 6.17 Å². The lowest BCUT2D eigenvalue weighted by atomic mass is 10.1. The number of amides is 1. The second kappa shape index (κ2) is 7.35. The summed E-state index contributed by atoms with van der Waals surface area (Å²) in [6.45, 7) is 4.21. The van der Waals surface area contributed by atoms with Gasteiger partial charge in [0.2, 0.25) is 0 Å². The first kappa shape index (κ1) is 18.0. The summed E-state index contributed by atoms with van der Waals surface area (Å²) in [6.07, 6.45) is 2.27. The molecule has 0 spiro atoms. The van der Waals surface area contributed by atoms with Crippen molar-refractivity contribution in [3.63, 3.8) is 0 Å². The van der Waals surface area contributed by atoms with Crippen molar-refractivity contribution < 1.29 is 9.53 Å². The van der Waals surface area contributed by atoms with Crippen molar-refractivity contribution in [1.29, 1.82) is 0 Å². The number of methoxy groups -OCH3 is 1. The molecule has 0 saturated carbocycles. The summed E-state index contributed by atoms with van der Waals surface area (Å²) in [4.78, 5) is 19.5. The molecule has 1 aromatic heterocycles. The number of rotatable bonds is 5. The fourth-order valence-corrected chi connectivity index (χ4v) is 3.69. The van der Waals surface area contributed by atoms with Gasteiger partial charge in [-0.25, -0.2) is 0 Å². The van der Waals surface area contributed by atoms with Crippen molar-refractivity contribution in [3.8, 4) is 5.75 Å². The first-order valence-electron chi connectivity index (χ1n) is 9.41. The molecule has 0 saturated heterocycles. The highest BCUT2D eigenvalue weighted by Crippen LogP contribution is 2.38. The van der Waals surface area contributed by atoms with Gasteiger partial charge in [-0.2, -0.15) is 0 Å². The monoisotopic (exact) mass is 373 g/mol. The van der Waals surface area contributed by atoms with Gasteiger partial charge in [0.1, 0.15) is 5.75 Å². The summed E-state index contributed by atoms with van der Waals surface area (Å²) in [7, 11) is 1.63. The van der Waals surface area contributed by atoms with Gasteiger partial charge >= 0.3 is 0 Å². The number of carbonyl (C=O) groups excluding carboxylic acids is 1. The SMILES string of the molecule is CCc1cccc(C)c1N[C@@H]1c2ncccc2C(=O)N1c1ccc(OC)cc1. The molecule has 3 aromatic rings. The fourth-order valence-electron chi connectivity index (χ4n) is 3.69. The van der Waals surface area contributed by atoms with Gasteiger partial charge in [0, 0.05) is 17.6 Å². The Hall–Kier alpha value is -3.34. The van der Waals surface area contributed by atoms with Gasteiger partial charge in [-0.05, 0) is 60.9 Å². The van der Waals surface area contributed by atoms with Gasteiger partial charge in [0.05, 0.1) is 18.4 Å². The number of aromatic nitrogens is 1. The lowest BCUT2D eigenvalue weighted by molar-refractivity contribution is 0.0993. The first-order valence-corrected chi connectivity index (χ1v) is 9.41. The number of fused-ring (bicyclic) bond motifs is 1. The molecule has 0 fully saturated rings. The quantitative estimate of drug-likeness (QED) is 0.702. The average molecular weight is 373 g/mol. The van der Waals surface area contributed by atoms with E-state index in [1.807, 2.05) is 30.3 Å². The van der Waals surface area contributed by atoms with E-state index in [0.717, 1.165) is 34.8 Å². The molecule has 1 aliphatic rings. The molecule has 0 unspecified atom stereocenters. The zero-order chi connectivity index (χ0) is 19.7. The second-order valence-electron chi connectivity index (χ2n) is 6.82. The minimum atomic E-state index is -0.372. The number of carbonyl (C=O) groups is 1. The molecule has 1 atom stereocenters. The van der Waals surface area contributed by atoms with Crippen LogP contribution in [-0.4, -0.2) is 18.0 Å². The Bertz CT molecular complexity index is 1010. The molecule has 0 aliphatic carbocycles. The Morgan fingerprint density at radius 1 is 1.11 bits per heavy atom. The number of hydrogen-bond acceptors (Lipinski definition) is 4. The maximum atomic E-state index is 13.2. The Balaban J connectivity index is 1.80. The van der Waals surface area contributed by atoms with Crippen molar-refractivity contribution in [3.05, 3.63) is 83.2 Å². The maximum Gasteiger partial charge on any atom is 0.262 e. The van der Waals surface area contributed by atoms with Crippen LogP contribution in [0.2, 0.25) is 0 Å². The molecule has 1 aliphatic heterocycles. The number of anilines is 2. The van der Waals surface area contributed by atoms with Crippen LogP contribution in [0.25, 0.3) is 0 Å². The summed E-state index contributed by atoms with van der Waals surface area (Å²) in [6, 6.07) is 17.4. The summed E-state index contributed by atoms with van der Waals surface area (Å²) in [5.41, 5.74) is 5.58. The molecule has 0 radical (unpaired) electrons. The van der Waals surface area contributed by atoms with E-state index < -0.39 is 0 Å². The summed E-state index contributed by atoms with van der Waals surface area (Å²) < 4.78 is 5.26. The Kier molecular flexibility index (Phi) is 4.74. The molecule has 2 aromatic carbocycles. The van der Waals surface area contributed by atoms with Crippen LogP contribution in [0.15, 0.2) is 60.8 Å². The second-order valence-corrected chi connectivity index (χ2v) is 6.82. The van der Waals surface area contributed by atoms with Crippen LogP contribution < -0.4 is 15.0 Å². The van der Waals surface area contributed by atoms with E-state index in [4.69, 9.17) is 4.74 Å². The van der Waals surface area contributed by atoms with Crippen molar-refractivity contribution in [1.82, 2.24) is 4.98 Å². The van der Waals surface area contributed by atoms with Gasteiger partial charge in [0.25, 0.3) is 5.91 Å². The largest absolute Gasteiger partial charge is 0.497 e. The predicted octanol–water partition coefficient (Wildman–Crippen LogP) is 4.73. The summed E-state index contributed by atoms with van der Waals surface area (Å²) in [5.74, 6) is 0.695. The number of nitrogens with zero attached hydrogens (tertiary/aromatic N) is 2. The van der Waals surface area contributed by atoms with E-state index in [0.29, 0.717) is 5.56 Å². The van der Waals surface area contributed by atoms with E-state index >= 15 is 0 Å². The normalized spacial score (nSPS) is 15.5. The van der Waals surface area contributed by atoms with Crippen molar-refractivity contribution >= 4 is 17.3 Å². The number of benzene rings is 2. The number of aryl methyl sites for hydroxylation is 2. The number of ether oxygens (including phenoxy) is 1. The topological polar surface area (TPSA) is 54.5 Å². The van der Waals surface area contributed by atoms with E-state index in [2.05, 4.69) is 42.3 Å². The molecule has 0 bridgehead atoms. The summed E-state index contributed by atoms with van der Waals surface area (Å²) in [5, 5.41) is 3.60. The van der Waals surface area contributed by atoms with Crippen LogP contribution in [0.1, 0.15) is 40.3 Å². The van der Waals surface area contributed by atoms with Gasteiger partial charge in [-0.15, -0.1) is 0 Å². The molecule has 1 N–H and O–H groups in total. The zero-order valence-electron chi connectivity index (χ0n) is 16.3. The maximum absolute atomic E-state index is 13.2. The van der Waals surface area contributed by atoms with Crippen LogP contribution in [0.3, 0.4) is 0 Å². The van der Waals surface area contributed by atoms with Gasteiger partial charge < -0.3 is 10.1 Å². The summed E-state index contributed by atoms with van der Waals surface area (Å²) >= 11 is 0. The van der Waals surface area contributed by atoms with E-state index in [9.17, 15) is 4.79 Å². The Morgan fingerprint density at radius 2 is 1.89 bits per heavy atom. The molecule has 5 heteroatoms. The van der Waals surface area contributed by atoms with Crippen molar-refractivity contribution in [2.75, 3.05) is 17.3 Å². The fraction of sp³-hybridized carbons (Fsp3) is 0.217. The van der Waals surface area contributed by atoms with Crippen molar-refractivity contribution in [2.45, 2.75) is 26.4 Å². The minimum Gasteiger partial charge on any atom is -0.497 e. The highest BCUT2D eigenvalue weighted by molar-refractivity contribution is 6.11. The first-order chi connectivity index (χ1) is 13.6. The minimum absolute atomic E-state index is 0.0580. The molecule has 142 valence electrons. The molecular weight excluding hydrogens is 350 g/mol. The van der Waals surface area contributed by atoms with Gasteiger partial charge in [-0.3, -0.25) is 14.7 Å². The number of hydrogen-bond donors (Lipinski definition) is 1. The number of pyridine rings is 1. The number of para-hydroxylation sites is 1. The van der Waals surface area contributed by atoms with Gasteiger partial charge in [-0.1, -0.05) is 25.1 Å². The highest BCUT2D eigenvalue weighted by atomic mass is 16.5. The molecule has 28 heavy (non-hydrogen) atoms. The van der Waals surface area contributed by atoms with Crippen LogP contribution in [0.5, 0.6) is 5.75 Å². The van der Waals surface area contributed by atoms with Crippen LogP contribution >= 0.6 is 0 Å². The lowest BCUT2D eigenvalue weighted by Gasteiger charge is -2.28. The third kappa shape index (κ3) is 2.99. The number of nitrogens with one attached hydrogen (secondary N) is 1. The van der Waals surface area contributed by atoms with E-state index in [1.165, 1.54) is 5.56 Å². The molecule has 1 amide bonds. The molecule has 4 rings (SSSR count). The molecule has 5 nitrogen and oxygen atoms in total. The Morgan fingerprint density at radius 3 is 2.61 bits per heavy atom. The third-order valence-electron chi connectivity index (χ3n) is 5.18. The highest BCUT2D eigenvalue weighted by Gasteiger charge is 2.39. The molecular formula is C23H23N3O2. The van der Waals surface area contributed by atoms with E-state index in [-0.39, 0.29) is 12.1 Å². The van der Waals surface area contributed by atoms with E-state index in [1.54, 1.807) is 24.3 Å². The van der Waals surface area contributed by atoms with Crippen molar-refractivity contribution in [2.24, 2.45) is 0 Å². The van der Waals surface area contributed by atoms with Crippen LogP contribution in [0, 0.1) is 6.92 Å². The van der Waals surface area contributed by atoms with Crippen LogP contribution in [-0.2, 0) is 6.42 Å². The smallest absolute Gasteiger partial charge is 0.262 e. The molecule has 2 heterocycles. The predicted molar refractivity (Wildman–Crippen MR) is 111 cm³/mol. The Labute approximate surface area is 165 Å². The van der Waals surface area contributed by atoms with Crippen LogP contribution in [0.4, 0.5) is 11.4 Å².